The summed E-state index contributed by atoms with van der Waals surface area (Å²) in [5.41, 5.74) is 1.99. The van der Waals surface area contributed by atoms with E-state index in [0.717, 1.165) is 5.56 Å². The summed E-state index contributed by atoms with van der Waals surface area (Å²) in [6.07, 6.45) is 0.443. The van der Waals surface area contributed by atoms with Crippen molar-refractivity contribution in [3.8, 4) is 0 Å². The Kier molecular flexibility index (Phi) is 8.75. The third-order valence-electron chi connectivity index (χ3n) is 4.38. The van der Waals surface area contributed by atoms with Gasteiger partial charge in [-0.15, -0.1) is 0 Å². The number of carbonyl (C=O) groups excluding carboxylic acids is 4. The number of anilines is 1. The summed E-state index contributed by atoms with van der Waals surface area (Å²) in [4.78, 5) is 47.1. The average Bonchev–Trinajstić information content (AvgIpc) is 2.73. The van der Waals surface area contributed by atoms with Gasteiger partial charge in [0.05, 0.1) is 6.04 Å². The first-order chi connectivity index (χ1) is 14.3. The number of hydrogen-bond acceptors (Lipinski definition) is 5. The van der Waals surface area contributed by atoms with E-state index in [1.54, 1.807) is 24.3 Å². The number of ether oxygens (including phenoxy) is 1. The van der Waals surface area contributed by atoms with E-state index in [1.165, 1.54) is 6.92 Å². The first-order valence-corrected chi connectivity index (χ1v) is 9.76. The smallest absolute Gasteiger partial charge is 0.306 e. The summed E-state index contributed by atoms with van der Waals surface area (Å²) >= 11 is 0. The Morgan fingerprint density at radius 2 is 1.67 bits per heavy atom. The first kappa shape index (κ1) is 22.8. The van der Waals surface area contributed by atoms with Crippen LogP contribution in [-0.2, 0) is 19.1 Å². The van der Waals surface area contributed by atoms with Crippen LogP contribution in [0.2, 0.25) is 0 Å². The molecule has 30 heavy (non-hydrogen) atoms. The number of benzene rings is 2. The van der Waals surface area contributed by atoms with Gasteiger partial charge >= 0.3 is 5.97 Å². The van der Waals surface area contributed by atoms with Crippen molar-refractivity contribution in [3.63, 3.8) is 0 Å². The van der Waals surface area contributed by atoms with Crippen LogP contribution >= 0.6 is 0 Å². The Labute approximate surface area is 175 Å². The molecule has 0 radical (unpaired) electrons. The molecule has 2 amide bonds. The van der Waals surface area contributed by atoms with Gasteiger partial charge in [-0.3, -0.25) is 19.2 Å². The third kappa shape index (κ3) is 7.87. The predicted octanol–water partition coefficient (Wildman–Crippen LogP) is 3.42. The van der Waals surface area contributed by atoms with Crippen LogP contribution in [0.4, 0.5) is 5.69 Å². The minimum absolute atomic E-state index is 0.0302. The summed E-state index contributed by atoms with van der Waals surface area (Å²) in [5.74, 6) is -1.28. The van der Waals surface area contributed by atoms with Gasteiger partial charge < -0.3 is 15.4 Å². The Balaban J connectivity index is 1.64. The Hall–Kier alpha value is -3.48. The number of carbonyl (C=O) groups is 4. The lowest BCUT2D eigenvalue weighted by Gasteiger charge is -2.14. The van der Waals surface area contributed by atoms with Crippen molar-refractivity contribution in [3.05, 3.63) is 65.7 Å². The zero-order chi connectivity index (χ0) is 21.9. The molecule has 2 aromatic carbocycles. The average molecular weight is 410 g/mol. The Bertz CT molecular complexity index is 895. The van der Waals surface area contributed by atoms with E-state index in [0.29, 0.717) is 17.7 Å². The van der Waals surface area contributed by atoms with Crippen LogP contribution in [-0.4, -0.2) is 30.2 Å². The van der Waals surface area contributed by atoms with Gasteiger partial charge in [-0.25, -0.2) is 0 Å². The van der Waals surface area contributed by atoms with Gasteiger partial charge in [0.15, 0.2) is 12.4 Å². The van der Waals surface area contributed by atoms with Gasteiger partial charge in [0.1, 0.15) is 0 Å². The van der Waals surface area contributed by atoms with Gasteiger partial charge in [-0.05, 0) is 38.0 Å². The SMILES string of the molecule is CC(=O)c1cccc(NC(=O)CCCC(=O)OCC(=O)N[C@@H](C)c2ccccc2)c1. The predicted molar refractivity (Wildman–Crippen MR) is 113 cm³/mol. The number of ketones is 1. The molecule has 0 unspecified atom stereocenters. The molecule has 0 aromatic heterocycles. The maximum atomic E-state index is 12.0. The van der Waals surface area contributed by atoms with Crippen molar-refractivity contribution in [1.82, 2.24) is 5.32 Å². The van der Waals surface area contributed by atoms with Crippen LogP contribution in [0.3, 0.4) is 0 Å². The monoisotopic (exact) mass is 410 g/mol. The Morgan fingerprint density at radius 3 is 2.37 bits per heavy atom. The third-order valence-corrected chi connectivity index (χ3v) is 4.38. The van der Waals surface area contributed by atoms with Crippen molar-refractivity contribution in [2.75, 3.05) is 11.9 Å². The summed E-state index contributed by atoms with van der Waals surface area (Å²) in [6, 6.07) is 15.9. The molecule has 7 heteroatoms. The highest BCUT2D eigenvalue weighted by molar-refractivity contribution is 5.97. The molecule has 2 rings (SSSR count). The van der Waals surface area contributed by atoms with Crippen LogP contribution in [0.25, 0.3) is 0 Å². The maximum Gasteiger partial charge on any atom is 0.306 e. The largest absolute Gasteiger partial charge is 0.456 e. The molecule has 0 saturated heterocycles. The van der Waals surface area contributed by atoms with Gasteiger partial charge in [-0.1, -0.05) is 42.5 Å². The summed E-state index contributed by atoms with van der Waals surface area (Å²) in [7, 11) is 0. The van der Waals surface area contributed by atoms with E-state index in [2.05, 4.69) is 10.6 Å². The Morgan fingerprint density at radius 1 is 0.933 bits per heavy atom. The van der Waals surface area contributed by atoms with Gasteiger partial charge in [0.2, 0.25) is 5.91 Å². The van der Waals surface area contributed by atoms with Crippen molar-refractivity contribution in [2.24, 2.45) is 0 Å². The van der Waals surface area contributed by atoms with Crippen molar-refractivity contribution >= 4 is 29.3 Å². The number of amides is 2. The zero-order valence-corrected chi connectivity index (χ0v) is 17.1. The van der Waals surface area contributed by atoms with E-state index in [1.807, 2.05) is 37.3 Å². The summed E-state index contributed by atoms with van der Waals surface area (Å²) in [5, 5.41) is 5.45. The lowest BCUT2D eigenvalue weighted by atomic mass is 10.1. The van der Waals surface area contributed by atoms with Crippen LogP contribution in [0.15, 0.2) is 54.6 Å². The molecule has 0 fully saturated rings. The standard InChI is InChI=1S/C23H26N2O5/c1-16(18-8-4-3-5-9-18)24-22(28)15-30-23(29)13-7-12-21(27)25-20-11-6-10-19(14-20)17(2)26/h3-6,8-11,14,16H,7,12-13,15H2,1-2H3,(H,24,28)(H,25,27)/t16-/m0/s1. The van der Waals surface area contributed by atoms with Crippen LogP contribution in [0.1, 0.15) is 55.1 Å². The molecule has 0 aliphatic rings. The second-order valence-corrected chi connectivity index (χ2v) is 6.90. The van der Waals surface area contributed by atoms with Crippen LogP contribution < -0.4 is 10.6 Å². The van der Waals surface area contributed by atoms with Gasteiger partial charge in [0.25, 0.3) is 5.91 Å². The molecule has 0 spiro atoms. The summed E-state index contributed by atoms with van der Waals surface area (Å²) < 4.78 is 4.96. The number of rotatable bonds is 10. The minimum atomic E-state index is -0.538. The van der Waals surface area contributed by atoms with E-state index in [9.17, 15) is 19.2 Å². The first-order valence-electron chi connectivity index (χ1n) is 9.76. The molecule has 2 aromatic rings. The molecule has 1 atom stereocenters. The van der Waals surface area contributed by atoms with E-state index < -0.39 is 5.97 Å². The number of hydrogen-bond donors (Lipinski definition) is 2. The fraction of sp³-hybridized carbons (Fsp3) is 0.304. The van der Waals surface area contributed by atoms with Crippen molar-refractivity contribution < 1.29 is 23.9 Å². The molecule has 0 heterocycles. The maximum absolute atomic E-state index is 12.0. The van der Waals surface area contributed by atoms with Crippen LogP contribution in [0, 0.1) is 0 Å². The summed E-state index contributed by atoms with van der Waals surface area (Å²) in [6.45, 7) is 2.94. The molecule has 0 aliphatic carbocycles. The lowest BCUT2D eigenvalue weighted by Crippen LogP contribution is -2.31. The highest BCUT2D eigenvalue weighted by Crippen LogP contribution is 2.13. The molecular formula is C23H26N2O5. The van der Waals surface area contributed by atoms with Crippen LogP contribution in [0.5, 0.6) is 0 Å². The van der Waals surface area contributed by atoms with E-state index in [4.69, 9.17) is 4.74 Å². The number of Topliss-reactive ketones (excluding diaryl/α,β-unsaturated/α-hetero) is 1. The van der Waals surface area contributed by atoms with Crippen molar-refractivity contribution in [1.29, 1.82) is 0 Å². The van der Waals surface area contributed by atoms with Gasteiger partial charge in [-0.2, -0.15) is 0 Å². The van der Waals surface area contributed by atoms with E-state index >= 15 is 0 Å². The highest BCUT2D eigenvalue weighted by Gasteiger charge is 2.12. The molecule has 0 bridgehead atoms. The molecule has 158 valence electrons. The molecule has 0 saturated carbocycles. The van der Waals surface area contributed by atoms with E-state index in [-0.39, 0.29) is 43.1 Å². The zero-order valence-electron chi connectivity index (χ0n) is 17.1. The second kappa shape index (κ2) is 11.5. The molecule has 0 aliphatic heterocycles. The van der Waals surface area contributed by atoms with Gasteiger partial charge in [0, 0.05) is 24.1 Å². The lowest BCUT2D eigenvalue weighted by molar-refractivity contribution is -0.148. The molecule has 7 nitrogen and oxygen atoms in total. The quantitative estimate of drug-likeness (QED) is 0.462. The fourth-order valence-electron chi connectivity index (χ4n) is 2.76. The fourth-order valence-corrected chi connectivity index (χ4v) is 2.76. The topological polar surface area (TPSA) is 102 Å². The van der Waals surface area contributed by atoms with Crippen molar-refractivity contribution in [2.45, 2.75) is 39.2 Å². The number of esters is 1. The minimum Gasteiger partial charge on any atom is -0.456 e. The second-order valence-electron chi connectivity index (χ2n) is 6.90. The highest BCUT2D eigenvalue weighted by atomic mass is 16.5. The number of nitrogens with one attached hydrogen (secondary N) is 2. The molecule has 2 N–H and O–H groups in total. The molecular weight excluding hydrogens is 384 g/mol. The normalized spacial score (nSPS) is 11.3.